The van der Waals surface area contributed by atoms with Crippen molar-refractivity contribution >= 4 is 33.2 Å². The Morgan fingerprint density at radius 2 is 1.68 bits per heavy atom. The number of benzene rings is 2. The van der Waals surface area contributed by atoms with Crippen LogP contribution >= 0.6 is 23.2 Å². The molecule has 25 heavy (non-hydrogen) atoms. The van der Waals surface area contributed by atoms with Gasteiger partial charge in [-0.2, -0.15) is 0 Å². The van der Waals surface area contributed by atoms with Crippen molar-refractivity contribution in [3.8, 4) is 11.5 Å². The molecule has 0 saturated heterocycles. The van der Waals surface area contributed by atoms with Crippen LogP contribution in [0.4, 0.5) is 4.39 Å². The second kappa shape index (κ2) is 7.78. The van der Waals surface area contributed by atoms with E-state index in [4.69, 9.17) is 32.7 Å². The molecule has 2 rings (SSSR count). The van der Waals surface area contributed by atoms with Gasteiger partial charge in [0.2, 0.25) is 10.0 Å². The van der Waals surface area contributed by atoms with E-state index >= 15 is 0 Å². The SMILES string of the molecule is COc1ccc(S(=O)(=O)N[C@H](C)c2cc(F)c(Cl)cc2Cl)cc1OC. The number of sulfonamides is 1. The van der Waals surface area contributed by atoms with Crippen LogP contribution in [0.15, 0.2) is 35.2 Å². The predicted octanol–water partition coefficient (Wildman–Crippen LogP) is 4.19. The van der Waals surface area contributed by atoms with Gasteiger partial charge in [0, 0.05) is 17.1 Å². The summed E-state index contributed by atoms with van der Waals surface area (Å²) in [6, 6.07) is 5.74. The Kier molecular flexibility index (Phi) is 6.16. The average Bonchev–Trinajstić information content (AvgIpc) is 2.56. The second-order valence-corrected chi connectivity index (χ2v) is 7.68. The Hall–Kier alpha value is -1.54. The maximum atomic E-state index is 13.7. The van der Waals surface area contributed by atoms with Crippen LogP contribution in [0.5, 0.6) is 11.5 Å². The third-order valence-corrected chi connectivity index (χ3v) is 5.66. The smallest absolute Gasteiger partial charge is 0.241 e. The molecule has 136 valence electrons. The van der Waals surface area contributed by atoms with Gasteiger partial charge >= 0.3 is 0 Å². The first kappa shape index (κ1) is 19.8. The molecular weight excluding hydrogens is 392 g/mol. The lowest BCUT2D eigenvalue weighted by Gasteiger charge is -2.17. The van der Waals surface area contributed by atoms with Gasteiger partial charge in [-0.15, -0.1) is 0 Å². The standard InChI is InChI=1S/C16H16Cl2FNO4S/c1-9(11-7-14(19)13(18)8-12(11)17)20-25(21,22)10-4-5-15(23-2)16(6-10)24-3/h4-9,20H,1-3H3/t9-/m1/s1. The zero-order valence-corrected chi connectivity index (χ0v) is 16.0. The quantitative estimate of drug-likeness (QED) is 0.729. The lowest BCUT2D eigenvalue weighted by molar-refractivity contribution is 0.354. The van der Waals surface area contributed by atoms with Gasteiger partial charge in [-0.3, -0.25) is 0 Å². The zero-order chi connectivity index (χ0) is 18.8. The summed E-state index contributed by atoms with van der Waals surface area (Å²) in [5, 5.41) is 0.0256. The maximum Gasteiger partial charge on any atom is 0.241 e. The van der Waals surface area contributed by atoms with Gasteiger partial charge in [0.1, 0.15) is 5.82 Å². The Bertz CT molecular complexity index is 890. The van der Waals surface area contributed by atoms with Crippen LogP contribution in [-0.2, 0) is 10.0 Å². The van der Waals surface area contributed by atoms with Crippen molar-refractivity contribution < 1.29 is 22.3 Å². The van der Waals surface area contributed by atoms with Crippen molar-refractivity contribution in [3.63, 3.8) is 0 Å². The number of halogens is 3. The summed E-state index contributed by atoms with van der Waals surface area (Å²) in [6.45, 7) is 1.55. The first-order valence-electron chi connectivity index (χ1n) is 7.08. The third-order valence-electron chi connectivity index (χ3n) is 3.50. The first-order chi connectivity index (χ1) is 11.7. The molecule has 5 nitrogen and oxygen atoms in total. The molecule has 0 spiro atoms. The van der Waals surface area contributed by atoms with E-state index in [-0.39, 0.29) is 26.3 Å². The molecular formula is C16H16Cl2FNO4S. The molecule has 9 heteroatoms. The highest BCUT2D eigenvalue weighted by Gasteiger charge is 2.22. The molecule has 0 amide bonds. The van der Waals surface area contributed by atoms with Crippen molar-refractivity contribution in [2.75, 3.05) is 14.2 Å². The number of hydrogen-bond donors (Lipinski definition) is 1. The van der Waals surface area contributed by atoms with Gasteiger partial charge in [0.15, 0.2) is 11.5 Å². The maximum absolute atomic E-state index is 13.7. The molecule has 0 radical (unpaired) electrons. The molecule has 0 aromatic heterocycles. The number of methoxy groups -OCH3 is 2. The van der Waals surface area contributed by atoms with Gasteiger partial charge in [-0.05, 0) is 36.8 Å². The molecule has 0 fully saturated rings. The van der Waals surface area contributed by atoms with E-state index in [0.717, 1.165) is 6.07 Å². The van der Waals surface area contributed by atoms with Gasteiger partial charge in [-0.1, -0.05) is 23.2 Å². The highest BCUT2D eigenvalue weighted by Crippen LogP contribution is 2.32. The summed E-state index contributed by atoms with van der Waals surface area (Å²) in [5.74, 6) is -0.0101. The lowest BCUT2D eigenvalue weighted by atomic mass is 10.1. The van der Waals surface area contributed by atoms with Crippen LogP contribution in [0.2, 0.25) is 10.0 Å². The second-order valence-electron chi connectivity index (χ2n) is 5.15. The van der Waals surface area contributed by atoms with Gasteiger partial charge in [0.25, 0.3) is 0 Å². The number of nitrogens with one attached hydrogen (secondary N) is 1. The molecule has 0 aliphatic heterocycles. The number of ether oxygens (including phenoxy) is 2. The summed E-state index contributed by atoms with van der Waals surface area (Å²) in [6.07, 6.45) is 0. The third kappa shape index (κ3) is 4.36. The fourth-order valence-corrected chi connectivity index (χ4v) is 4.00. The van der Waals surface area contributed by atoms with Crippen LogP contribution in [-0.4, -0.2) is 22.6 Å². The van der Waals surface area contributed by atoms with E-state index in [2.05, 4.69) is 4.72 Å². The van der Waals surface area contributed by atoms with Crippen molar-refractivity contribution in [2.45, 2.75) is 17.9 Å². The van der Waals surface area contributed by atoms with Crippen molar-refractivity contribution in [2.24, 2.45) is 0 Å². The van der Waals surface area contributed by atoms with E-state index in [0.29, 0.717) is 5.75 Å². The van der Waals surface area contributed by atoms with Crippen LogP contribution in [0.25, 0.3) is 0 Å². The summed E-state index contributed by atoms with van der Waals surface area (Å²) < 4.78 is 51.4. The monoisotopic (exact) mass is 407 g/mol. The zero-order valence-electron chi connectivity index (χ0n) is 13.6. The molecule has 0 bridgehead atoms. The Morgan fingerprint density at radius 1 is 1.04 bits per heavy atom. The first-order valence-corrected chi connectivity index (χ1v) is 9.32. The Morgan fingerprint density at radius 3 is 2.28 bits per heavy atom. The lowest BCUT2D eigenvalue weighted by Crippen LogP contribution is -2.27. The highest BCUT2D eigenvalue weighted by molar-refractivity contribution is 7.89. The normalized spacial score (nSPS) is 12.7. The van der Waals surface area contributed by atoms with Crippen LogP contribution in [0.1, 0.15) is 18.5 Å². The van der Waals surface area contributed by atoms with Gasteiger partial charge in [-0.25, -0.2) is 17.5 Å². The van der Waals surface area contributed by atoms with E-state index in [1.54, 1.807) is 6.92 Å². The fourth-order valence-electron chi connectivity index (χ4n) is 2.22. The van der Waals surface area contributed by atoms with E-state index in [1.807, 2.05) is 0 Å². The van der Waals surface area contributed by atoms with Gasteiger partial charge in [0.05, 0.1) is 24.1 Å². The molecule has 0 aliphatic rings. The Balaban J connectivity index is 2.34. The highest BCUT2D eigenvalue weighted by atomic mass is 35.5. The molecule has 0 saturated carbocycles. The van der Waals surface area contributed by atoms with Crippen molar-refractivity contribution in [1.29, 1.82) is 0 Å². The molecule has 2 aromatic rings. The summed E-state index contributed by atoms with van der Waals surface area (Å²) >= 11 is 11.7. The Labute approximate surface area is 155 Å². The van der Waals surface area contributed by atoms with Crippen molar-refractivity contribution in [3.05, 3.63) is 51.8 Å². The van der Waals surface area contributed by atoms with E-state index in [1.165, 1.54) is 38.5 Å². The van der Waals surface area contributed by atoms with Crippen LogP contribution in [0, 0.1) is 5.82 Å². The fraction of sp³-hybridized carbons (Fsp3) is 0.250. The summed E-state index contributed by atoms with van der Waals surface area (Å²) in [5.41, 5.74) is 0.271. The average molecular weight is 408 g/mol. The van der Waals surface area contributed by atoms with Crippen molar-refractivity contribution in [1.82, 2.24) is 4.72 Å². The van der Waals surface area contributed by atoms with E-state index < -0.39 is 21.9 Å². The summed E-state index contributed by atoms with van der Waals surface area (Å²) in [4.78, 5) is -0.0254. The topological polar surface area (TPSA) is 64.6 Å². The largest absolute Gasteiger partial charge is 0.493 e. The summed E-state index contributed by atoms with van der Waals surface area (Å²) in [7, 11) is -1.05. The number of hydrogen-bond acceptors (Lipinski definition) is 4. The predicted molar refractivity (Wildman–Crippen MR) is 94.7 cm³/mol. The minimum absolute atomic E-state index is 0.0254. The minimum Gasteiger partial charge on any atom is -0.493 e. The molecule has 2 aromatic carbocycles. The van der Waals surface area contributed by atoms with E-state index in [9.17, 15) is 12.8 Å². The number of rotatable bonds is 6. The molecule has 0 aliphatic carbocycles. The molecule has 1 atom stereocenters. The molecule has 0 unspecified atom stereocenters. The minimum atomic E-state index is -3.90. The van der Waals surface area contributed by atoms with Crippen LogP contribution in [0.3, 0.4) is 0 Å². The van der Waals surface area contributed by atoms with Gasteiger partial charge < -0.3 is 9.47 Å². The van der Waals surface area contributed by atoms with Crippen LogP contribution < -0.4 is 14.2 Å². The molecule has 1 N–H and O–H groups in total. The molecule has 0 heterocycles.